The van der Waals surface area contributed by atoms with Crippen LogP contribution in [0.4, 0.5) is 0 Å². The third kappa shape index (κ3) is 1.07. The van der Waals surface area contributed by atoms with Crippen molar-refractivity contribution in [3.8, 4) is 0 Å². The van der Waals surface area contributed by atoms with Gasteiger partial charge in [-0.05, 0) is 19.0 Å². The fourth-order valence-electron chi connectivity index (χ4n) is 0.714. The van der Waals surface area contributed by atoms with Gasteiger partial charge in [0.05, 0.1) is 5.29 Å². The van der Waals surface area contributed by atoms with Crippen LogP contribution in [0, 0.1) is 0 Å². The fraction of sp³-hybridized carbons (Fsp3) is 0.600. The van der Waals surface area contributed by atoms with Gasteiger partial charge in [0.2, 0.25) is 0 Å². The van der Waals surface area contributed by atoms with Gasteiger partial charge in [0.15, 0.2) is 0 Å². The Bertz CT molecular complexity index is 139. The quantitative estimate of drug-likeness (QED) is 0.537. The second kappa shape index (κ2) is 2.27. The van der Waals surface area contributed by atoms with Crippen LogP contribution in [0.25, 0.3) is 0 Å². The van der Waals surface area contributed by atoms with Gasteiger partial charge in [-0.2, -0.15) is 0 Å². The van der Waals surface area contributed by atoms with Crippen LogP contribution in [0.2, 0.25) is 0 Å². The number of carboxylic acid groups (broad SMARTS) is 1. The molecule has 1 aliphatic heterocycles. The van der Waals surface area contributed by atoms with Gasteiger partial charge in [-0.25, -0.2) is 4.79 Å². The normalized spacial score (nSPS) is 20.2. The first kappa shape index (κ1) is 5.77. The van der Waals surface area contributed by atoms with Crippen LogP contribution in [0.3, 0.4) is 0 Å². The van der Waals surface area contributed by atoms with Crippen LogP contribution in [-0.2, 0) is 4.79 Å². The number of hydrogen-bond acceptors (Lipinski definition) is 1. The molecule has 0 fully saturated rings. The third-order valence-electron chi connectivity index (χ3n) is 1.12. The van der Waals surface area contributed by atoms with Gasteiger partial charge in [-0.3, -0.25) is 0 Å². The molecule has 0 aromatic rings. The van der Waals surface area contributed by atoms with E-state index in [1.807, 2.05) is 0 Å². The van der Waals surface area contributed by atoms with Crippen molar-refractivity contribution in [2.45, 2.75) is 12.8 Å². The van der Waals surface area contributed by atoms with Crippen molar-refractivity contribution >= 4 is 19.5 Å². The van der Waals surface area contributed by atoms with Gasteiger partial charge in [-0.1, -0.05) is 8.20 Å². The molecule has 3 heteroatoms. The maximum Gasteiger partial charge on any atom is 0.335 e. The molecule has 0 unspecified atom stereocenters. The Morgan fingerprint density at radius 2 is 2.50 bits per heavy atom. The lowest BCUT2D eigenvalue weighted by atomic mass is 10.3. The minimum atomic E-state index is -0.704. The summed E-state index contributed by atoms with van der Waals surface area (Å²) in [4.78, 5) is 10.2. The average Bonchev–Trinajstić information content (AvgIpc) is 2.12. The first-order chi connectivity index (χ1) is 3.80. The molecule has 8 heavy (non-hydrogen) atoms. The van der Waals surface area contributed by atoms with E-state index in [1.54, 1.807) is 0 Å². The Labute approximate surface area is 49.3 Å². The van der Waals surface area contributed by atoms with Crippen LogP contribution < -0.4 is 0 Å². The van der Waals surface area contributed by atoms with Crippen molar-refractivity contribution in [2.24, 2.45) is 0 Å². The second-order valence-electron chi connectivity index (χ2n) is 1.74. The van der Waals surface area contributed by atoms with Gasteiger partial charge in [-0.15, -0.1) is 0 Å². The monoisotopic (exact) mass is 130 g/mol. The lowest BCUT2D eigenvalue weighted by Crippen LogP contribution is -2.06. The van der Waals surface area contributed by atoms with E-state index in [9.17, 15) is 4.79 Å². The molecule has 0 aromatic carbocycles. The summed E-state index contributed by atoms with van der Waals surface area (Å²) in [6, 6.07) is 0. The maximum atomic E-state index is 10.2. The minimum Gasteiger partial charge on any atom is -0.478 e. The first-order valence-corrected chi connectivity index (χ1v) is 3.65. The van der Waals surface area contributed by atoms with Crippen molar-refractivity contribution in [3.05, 3.63) is 0 Å². The molecule has 1 aliphatic rings. The van der Waals surface area contributed by atoms with Gasteiger partial charge < -0.3 is 5.11 Å². The molecule has 0 amide bonds. The number of hydrogen-bond donors (Lipinski definition) is 1. The zero-order chi connectivity index (χ0) is 5.98. The maximum absolute atomic E-state index is 10.2. The van der Waals surface area contributed by atoms with Crippen LogP contribution in [-0.4, -0.2) is 22.5 Å². The first-order valence-electron chi connectivity index (χ1n) is 2.57. The highest BCUT2D eigenvalue weighted by molar-refractivity contribution is 7.44. The lowest BCUT2D eigenvalue weighted by molar-refractivity contribution is -0.129. The van der Waals surface area contributed by atoms with E-state index in [0.717, 1.165) is 27.2 Å². The molecule has 1 rings (SSSR count). The molecule has 0 aromatic heterocycles. The SMILES string of the molecule is O=C(O)C1=PCCC1. The summed E-state index contributed by atoms with van der Waals surface area (Å²) in [6.07, 6.45) is 2.90. The summed E-state index contributed by atoms with van der Waals surface area (Å²) in [5.41, 5.74) is 0. The van der Waals surface area contributed by atoms with Crippen LogP contribution in [0.15, 0.2) is 0 Å². The molecule has 0 bridgehead atoms. The molecule has 0 atom stereocenters. The Hall–Kier alpha value is -0.360. The number of carbonyl (C=O) groups is 1. The molecule has 2 nitrogen and oxygen atoms in total. The molecule has 0 radical (unpaired) electrons. The fourth-order valence-corrected chi connectivity index (χ4v) is 1.75. The molecular formula is C5H7O2P. The highest BCUT2D eigenvalue weighted by Gasteiger charge is 2.10. The Kier molecular flexibility index (Phi) is 1.64. The largest absolute Gasteiger partial charge is 0.478 e. The molecule has 44 valence electrons. The highest BCUT2D eigenvalue weighted by Crippen LogP contribution is 2.16. The highest BCUT2D eigenvalue weighted by atomic mass is 31.1. The summed E-state index contributed by atoms with van der Waals surface area (Å²) in [5.74, 6) is -0.704. The van der Waals surface area contributed by atoms with E-state index in [0.29, 0.717) is 5.29 Å². The summed E-state index contributed by atoms with van der Waals surface area (Å²) in [6.45, 7) is 0. The standard InChI is InChI=1S/C5H7O2P/c6-5(7)4-2-1-3-8-4/h1-3H2,(H,6,7). The van der Waals surface area contributed by atoms with Gasteiger partial charge in [0.25, 0.3) is 0 Å². The summed E-state index contributed by atoms with van der Waals surface area (Å²) < 4.78 is 0. The van der Waals surface area contributed by atoms with Crippen molar-refractivity contribution in [1.29, 1.82) is 0 Å². The van der Waals surface area contributed by atoms with Gasteiger partial charge in [0.1, 0.15) is 0 Å². The zero-order valence-corrected chi connectivity index (χ0v) is 5.32. The molecule has 0 saturated carbocycles. The molecular weight excluding hydrogens is 123 g/mol. The summed E-state index contributed by atoms with van der Waals surface area (Å²) in [5, 5.41) is 9.05. The number of aliphatic carboxylic acids is 1. The van der Waals surface area contributed by atoms with Gasteiger partial charge >= 0.3 is 5.97 Å². The van der Waals surface area contributed by atoms with Crippen LogP contribution >= 0.6 is 8.20 Å². The van der Waals surface area contributed by atoms with E-state index in [-0.39, 0.29) is 0 Å². The Morgan fingerprint density at radius 3 is 2.75 bits per heavy atom. The van der Waals surface area contributed by atoms with Crippen LogP contribution in [0.1, 0.15) is 12.8 Å². The lowest BCUT2D eigenvalue weighted by Gasteiger charge is -1.86. The second-order valence-corrected chi connectivity index (χ2v) is 3.04. The van der Waals surface area contributed by atoms with Crippen molar-refractivity contribution in [3.63, 3.8) is 0 Å². The van der Waals surface area contributed by atoms with Crippen molar-refractivity contribution < 1.29 is 9.90 Å². The number of rotatable bonds is 1. The molecule has 0 saturated heterocycles. The predicted molar refractivity (Wildman–Crippen MR) is 33.7 cm³/mol. The predicted octanol–water partition coefficient (Wildman–Crippen LogP) is 0.983. The molecule has 0 spiro atoms. The Balaban J connectivity index is 2.57. The topological polar surface area (TPSA) is 37.3 Å². The average molecular weight is 130 g/mol. The number of carboxylic acids is 1. The van der Waals surface area contributed by atoms with E-state index >= 15 is 0 Å². The van der Waals surface area contributed by atoms with Gasteiger partial charge in [0, 0.05) is 0 Å². The van der Waals surface area contributed by atoms with Crippen molar-refractivity contribution in [1.82, 2.24) is 0 Å². The van der Waals surface area contributed by atoms with Crippen molar-refractivity contribution in [2.75, 3.05) is 6.16 Å². The van der Waals surface area contributed by atoms with E-state index in [2.05, 4.69) is 0 Å². The van der Waals surface area contributed by atoms with E-state index < -0.39 is 5.97 Å². The molecule has 0 aliphatic carbocycles. The molecule has 1 N–H and O–H groups in total. The minimum absolute atomic E-state index is 0.685. The van der Waals surface area contributed by atoms with E-state index in [1.165, 1.54) is 0 Å². The van der Waals surface area contributed by atoms with E-state index in [4.69, 9.17) is 5.11 Å². The Morgan fingerprint density at radius 1 is 1.75 bits per heavy atom. The molecule has 1 heterocycles. The summed E-state index contributed by atoms with van der Waals surface area (Å²) >= 11 is 0. The smallest absolute Gasteiger partial charge is 0.335 e. The summed E-state index contributed by atoms with van der Waals surface area (Å²) in [7, 11) is 1.03. The van der Waals surface area contributed by atoms with Crippen LogP contribution in [0.5, 0.6) is 0 Å². The zero-order valence-electron chi connectivity index (χ0n) is 4.42. The third-order valence-corrected chi connectivity index (χ3v) is 2.46.